The molecule has 1 aliphatic carbocycles. The summed E-state index contributed by atoms with van der Waals surface area (Å²) < 4.78 is 5.30. The summed E-state index contributed by atoms with van der Waals surface area (Å²) in [6.07, 6.45) is 3.33. The zero-order valence-corrected chi connectivity index (χ0v) is 11.8. The van der Waals surface area contributed by atoms with E-state index in [4.69, 9.17) is 4.74 Å². The molecule has 1 N–H and O–H groups in total. The molecule has 0 bridgehead atoms. The third-order valence-corrected chi connectivity index (χ3v) is 4.18. The predicted octanol–water partition coefficient (Wildman–Crippen LogP) is 1.51. The summed E-state index contributed by atoms with van der Waals surface area (Å²) >= 11 is 0. The lowest BCUT2D eigenvalue weighted by atomic mass is 9.88. The summed E-state index contributed by atoms with van der Waals surface area (Å²) in [7, 11) is 0. The fraction of sp³-hybridized carbons (Fsp3) is 0.562. The number of morpholine rings is 1. The van der Waals surface area contributed by atoms with E-state index in [2.05, 4.69) is 34.5 Å². The topological polar surface area (TPSA) is 41.6 Å². The van der Waals surface area contributed by atoms with Gasteiger partial charge in [-0.25, -0.2) is 0 Å². The Kier molecular flexibility index (Phi) is 4.33. The van der Waals surface area contributed by atoms with Crippen LogP contribution in [-0.2, 0) is 16.0 Å². The Morgan fingerprint density at radius 2 is 2.10 bits per heavy atom. The first-order chi connectivity index (χ1) is 9.83. The maximum atomic E-state index is 12.2. The van der Waals surface area contributed by atoms with Crippen LogP contribution in [-0.4, -0.2) is 43.7 Å². The molecule has 1 saturated heterocycles. The number of ether oxygens (including phenoxy) is 1. The molecular formula is C16H22N2O2. The third kappa shape index (κ3) is 3.19. The van der Waals surface area contributed by atoms with E-state index in [0.717, 1.165) is 45.6 Å². The van der Waals surface area contributed by atoms with Crippen molar-refractivity contribution in [1.29, 1.82) is 0 Å². The van der Waals surface area contributed by atoms with Gasteiger partial charge >= 0.3 is 0 Å². The fourth-order valence-electron chi connectivity index (χ4n) is 3.11. The van der Waals surface area contributed by atoms with E-state index in [9.17, 15) is 4.79 Å². The fourth-order valence-corrected chi connectivity index (χ4v) is 3.11. The molecule has 1 heterocycles. The highest BCUT2D eigenvalue weighted by molar-refractivity contribution is 5.78. The number of fused-ring (bicyclic) bond motifs is 1. The molecule has 0 saturated carbocycles. The van der Waals surface area contributed by atoms with Crippen LogP contribution in [0.3, 0.4) is 0 Å². The SMILES string of the molecule is O=C(CN1CCOCC1)N[C@H]1CCCc2ccccc21. The monoisotopic (exact) mass is 274 g/mol. The summed E-state index contributed by atoms with van der Waals surface area (Å²) in [5.41, 5.74) is 2.68. The van der Waals surface area contributed by atoms with Gasteiger partial charge in [-0.05, 0) is 30.4 Å². The van der Waals surface area contributed by atoms with E-state index in [1.165, 1.54) is 11.1 Å². The van der Waals surface area contributed by atoms with Gasteiger partial charge in [-0.2, -0.15) is 0 Å². The number of hydrogen-bond acceptors (Lipinski definition) is 3. The molecule has 0 aromatic heterocycles. The van der Waals surface area contributed by atoms with E-state index in [1.807, 2.05) is 0 Å². The van der Waals surface area contributed by atoms with Crippen LogP contribution in [0.5, 0.6) is 0 Å². The maximum Gasteiger partial charge on any atom is 0.234 e. The minimum Gasteiger partial charge on any atom is -0.379 e. The molecule has 4 nitrogen and oxygen atoms in total. The van der Waals surface area contributed by atoms with Gasteiger partial charge in [-0.1, -0.05) is 24.3 Å². The van der Waals surface area contributed by atoms with Crippen molar-refractivity contribution >= 4 is 5.91 Å². The highest BCUT2D eigenvalue weighted by Crippen LogP contribution is 2.29. The van der Waals surface area contributed by atoms with Crippen molar-refractivity contribution in [3.8, 4) is 0 Å². The molecule has 2 aliphatic rings. The Bertz CT molecular complexity index is 469. The first-order valence-electron chi connectivity index (χ1n) is 7.50. The van der Waals surface area contributed by atoms with Crippen molar-refractivity contribution in [1.82, 2.24) is 10.2 Å². The normalized spacial score (nSPS) is 23.1. The lowest BCUT2D eigenvalue weighted by molar-refractivity contribution is -0.124. The molecule has 1 fully saturated rings. The Labute approximate surface area is 120 Å². The zero-order chi connectivity index (χ0) is 13.8. The minimum absolute atomic E-state index is 0.133. The number of nitrogens with zero attached hydrogens (tertiary/aromatic N) is 1. The second kappa shape index (κ2) is 6.37. The number of carbonyl (C=O) groups is 1. The average Bonchev–Trinajstić information content (AvgIpc) is 2.48. The van der Waals surface area contributed by atoms with Gasteiger partial charge in [-0.3, -0.25) is 9.69 Å². The molecule has 0 radical (unpaired) electrons. The number of carbonyl (C=O) groups excluding carboxylic acids is 1. The number of hydrogen-bond donors (Lipinski definition) is 1. The first kappa shape index (κ1) is 13.6. The Balaban J connectivity index is 1.59. The predicted molar refractivity (Wildman–Crippen MR) is 77.5 cm³/mol. The molecule has 0 spiro atoms. The minimum atomic E-state index is 0.133. The number of benzene rings is 1. The van der Waals surface area contributed by atoms with Crippen LogP contribution in [0, 0.1) is 0 Å². The molecule has 4 heteroatoms. The van der Waals surface area contributed by atoms with Crippen LogP contribution >= 0.6 is 0 Å². The summed E-state index contributed by atoms with van der Waals surface area (Å²) in [4.78, 5) is 14.4. The van der Waals surface area contributed by atoms with Gasteiger partial charge in [0.1, 0.15) is 0 Å². The molecule has 1 aromatic rings. The second-order valence-electron chi connectivity index (χ2n) is 5.60. The largest absolute Gasteiger partial charge is 0.379 e. The molecular weight excluding hydrogens is 252 g/mol. The zero-order valence-electron chi connectivity index (χ0n) is 11.8. The van der Waals surface area contributed by atoms with E-state index in [0.29, 0.717) is 6.54 Å². The van der Waals surface area contributed by atoms with Crippen molar-refractivity contribution in [3.05, 3.63) is 35.4 Å². The number of rotatable bonds is 3. The quantitative estimate of drug-likeness (QED) is 0.908. The lowest BCUT2D eigenvalue weighted by Crippen LogP contribution is -2.44. The number of aryl methyl sites for hydroxylation is 1. The molecule has 108 valence electrons. The molecule has 1 amide bonds. The smallest absolute Gasteiger partial charge is 0.234 e. The highest BCUT2D eigenvalue weighted by Gasteiger charge is 2.22. The van der Waals surface area contributed by atoms with Crippen LogP contribution in [0.4, 0.5) is 0 Å². The average molecular weight is 274 g/mol. The summed E-state index contributed by atoms with van der Waals surface area (Å²) in [5, 5.41) is 3.20. The Morgan fingerprint density at radius 1 is 1.30 bits per heavy atom. The van der Waals surface area contributed by atoms with E-state index >= 15 is 0 Å². The standard InChI is InChI=1S/C16H22N2O2/c19-16(12-18-8-10-20-11-9-18)17-15-7-3-5-13-4-1-2-6-14(13)15/h1-2,4,6,15H,3,5,7-12H2,(H,17,19)/t15-/m0/s1. The van der Waals surface area contributed by atoms with E-state index < -0.39 is 0 Å². The maximum absolute atomic E-state index is 12.2. The van der Waals surface area contributed by atoms with Crippen molar-refractivity contribution in [3.63, 3.8) is 0 Å². The highest BCUT2D eigenvalue weighted by atomic mass is 16.5. The van der Waals surface area contributed by atoms with Crippen LogP contribution in [0.25, 0.3) is 0 Å². The van der Waals surface area contributed by atoms with Gasteiger partial charge in [0.15, 0.2) is 0 Å². The summed E-state index contributed by atoms with van der Waals surface area (Å²) in [6, 6.07) is 8.65. The number of amides is 1. The molecule has 3 rings (SSSR count). The van der Waals surface area contributed by atoms with Gasteiger partial charge in [0.25, 0.3) is 0 Å². The van der Waals surface area contributed by atoms with E-state index in [1.54, 1.807) is 0 Å². The lowest BCUT2D eigenvalue weighted by Gasteiger charge is -2.29. The van der Waals surface area contributed by atoms with Gasteiger partial charge in [-0.15, -0.1) is 0 Å². The number of nitrogens with one attached hydrogen (secondary N) is 1. The molecule has 1 aliphatic heterocycles. The third-order valence-electron chi connectivity index (χ3n) is 4.18. The van der Waals surface area contributed by atoms with Crippen LogP contribution in [0.2, 0.25) is 0 Å². The van der Waals surface area contributed by atoms with Crippen molar-refractivity contribution in [2.75, 3.05) is 32.8 Å². The van der Waals surface area contributed by atoms with Crippen molar-refractivity contribution < 1.29 is 9.53 Å². The van der Waals surface area contributed by atoms with Gasteiger partial charge < -0.3 is 10.1 Å². The Hall–Kier alpha value is -1.39. The molecule has 20 heavy (non-hydrogen) atoms. The van der Waals surface area contributed by atoms with Crippen LogP contribution < -0.4 is 5.32 Å². The van der Waals surface area contributed by atoms with Gasteiger partial charge in [0.05, 0.1) is 25.8 Å². The first-order valence-corrected chi connectivity index (χ1v) is 7.50. The Morgan fingerprint density at radius 3 is 2.95 bits per heavy atom. The van der Waals surface area contributed by atoms with Crippen molar-refractivity contribution in [2.45, 2.75) is 25.3 Å². The summed E-state index contributed by atoms with van der Waals surface area (Å²) in [6.45, 7) is 3.67. The summed E-state index contributed by atoms with van der Waals surface area (Å²) in [5.74, 6) is 0.133. The van der Waals surface area contributed by atoms with E-state index in [-0.39, 0.29) is 11.9 Å². The van der Waals surface area contributed by atoms with Gasteiger partial charge in [0.2, 0.25) is 5.91 Å². The van der Waals surface area contributed by atoms with Crippen LogP contribution in [0.15, 0.2) is 24.3 Å². The van der Waals surface area contributed by atoms with Gasteiger partial charge in [0, 0.05) is 13.1 Å². The molecule has 0 unspecified atom stereocenters. The second-order valence-corrected chi connectivity index (χ2v) is 5.60. The molecule has 1 atom stereocenters. The molecule has 1 aromatic carbocycles. The van der Waals surface area contributed by atoms with Crippen molar-refractivity contribution in [2.24, 2.45) is 0 Å². The van der Waals surface area contributed by atoms with Crippen LogP contribution in [0.1, 0.15) is 30.0 Å².